The van der Waals surface area contributed by atoms with Crippen molar-refractivity contribution >= 4 is 47.0 Å². The van der Waals surface area contributed by atoms with E-state index in [0.717, 1.165) is 25.7 Å². The first-order valence-electron chi connectivity index (χ1n) is 23.5. The van der Waals surface area contributed by atoms with Crippen molar-refractivity contribution in [3.05, 3.63) is 0 Å². The van der Waals surface area contributed by atoms with Crippen molar-refractivity contribution in [3.8, 4) is 0 Å². The molecule has 0 aromatic carbocycles. The zero-order valence-electron chi connectivity index (χ0n) is 36.1. The van der Waals surface area contributed by atoms with E-state index in [1.54, 1.807) is 0 Å². The Hall–Kier alpha value is 0.920. The zero-order valence-corrected chi connectivity index (χ0v) is 39.4. The second-order valence-corrected chi connectivity index (χ2v) is 23.0. The van der Waals surface area contributed by atoms with Crippen molar-refractivity contribution in [2.24, 2.45) is 0 Å². The minimum absolute atomic E-state index is 0.145. The summed E-state index contributed by atoms with van der Waals surface area (Å²) in [6.07, 6.45) is 14.8. The van der Waals surface area contributed by atoms with Gasteiger partial charge in [-0.25, -0.2) is 0 Å². The first-order chi connectivity index (χ1) is 29.8. The zero-order chi connectivity index (χ0) is 40.9. The quantitative estimate of drug-likeness (QED) is 0.270. The van der Waals surface area contributed by atoms with Crippen LogP contribution in [-0.4, -0.2) is 199 Å². The van der Waals surface area contributed by atoms with E-state index in [1.807, 2.05) is 0 Å². The van der Waals surface area contributed by atoms with Crippen LogP contribution in [0.25, 0.3) is 0 Å². The maximum absolute atomic E-state index is 7.01. The highest BCUT2D eigenvalue weighted by atomic mass is 32.2. The lowest BCUT2D eigenvalue weighted by Crippen LogP contribution is -2.47. The van der Waals surface area contributed by atoms with Crippen LogP contribution in [-0.2, 0) is 56.8 Å². The molecule has 10 atom stereocenters. The van der Waals surface area contributed by atoms with Crippen molar-refractivity contribution in [2.45, 2.75) is 143 Å². The van der Waals surface area contributed by atoms with E-state index in [9.17, 15) is 0 Å². The normalized spacial score (nSPS) is 40.8. The summed E-state index contributed by atoms with van der Waals surface area (Å²) in [6, 6.07) is 0. The Labute approximate surface area is 377 Å². The molecule has 16 heteroatoms. The molecule has 6 saturated heterocycles. The summed E-state index contributed by atoms with van der Waals surface area (Å²) in [5.74, 6) is 0. The third kappa shape index (κ3) is 16.7. The molecule has 348 valence electrons. The molecular weight excluding hydrogens is 849 g/mol. The molecule has 0 radical (unpaired) electrons. The summed E-state index contributed by atoms with van der Waals surface area (Å²) >= 11 is 8.77. The van der Waals surface area contributed by atoms with E-state index >= 15 is 0 Å². The van der Waals surface area contributed by atoms with Gasteiger partial charge in [0.25, 0.3) is 0 Å². The van der Waals surface area contributed by atoms with E-state index in [2.05, 4.69) is 47.0 Å². The third-order valence-corrected chi connectivity index (χ3v) is 19.5. The molecule has 6 aliphatic heterocycles. The van der Waals surface area contributed by atoms with E-state index in [-0.39, 0.29) is 24.4 Å². The maximum Gasteiger partial charge on any atom is 0.0813 e. The molecule has 10 unspecified atom stereocenters. The lowest BCUT2D eigenvalue weighted by atomic mass is 9.95. The predicted molar refractivity (Wildman–Crippen MR) is 242 cm³/mol. The Morgan fingerprint density at radius 2 is 0.533 bits per heavy atom. The number of ether oxygens (including phenoxy) is 12. The molecule has 60 heavy (non-hydrogen) atoms. The summed E-state index contributed by atoms with van der Waals surface area (Å²) in [7, 11) is 0. The van der Waals surface area contributed by atoms with Crippen LogP contribution in [0.4, 0.5) is 0 Å². The van der Waals surface area contributed by atoms with Crippen LogP contribution >= 0.6 is 47.0 Å². The average Bonchev–Trinajstić information content (AvgIpc) is 3.25. The fourth-order valence-electron chi connectivity index (χ4n) is 9.70. The first-order valence-corrected chi connectivity index (χ1v) is 27.3. The monoisotopic (exact) mass is 924 g/mol. The number of thioether (sulfide) groups is 4. The van der Waals surface area contributed by atoms with Gasteiger partial charge in [0, 0.05) is 42.0 Å². The minimum atomic E-state index is 0.145. The highest BCUT2D eigenvalue weighted by Gasteiger charge is 2.45. The maximum atomic E-state index is 7.01. The molecule has 0 amide bonds. The van der Waals surface area contributed by atoms with Gasteiger partial charge in [-0.05, 0) is 64.2 Å². The van der Waals surface area contributed by atoms with Crippen LogP contribution < -0.4 is 0 Å². The van der Waals surface area contributed by atoms with Crippen LogP contribution in [0.1, 0.15) is 77.0 Å². The Kier molecular flexibility index (Phi) is 23.5. The van der Waals surface area contributed by atoms with Crippen molar-refractivity contribution in [1.29, 1.82) is 0 Å². The molecule has 6 heterocycles. The van der Waals surface area contributed by atoms with Gasteiger partial charge in [0.15, 0.2) is 0 Å². The average molecular weight is 925 g/mol. The molecule has 0 N–H and O–H groups in total. The summed E-state index contributed by atoms with van der Waals surface area (Å²) < 4.78 is 74.9. The molecule has 10 fully saturated rings. The van der Waals surface area contributed by atoms with Crippen LogP contribution in [0.5, 0.6) is 0 Å². The topological polar surface area (TPSA) is 111 Å². The molecule has 12 nitrogen and oxygen atoms in total. The van der Waals surface area contributed by atoms with Gasteiger partial charge in [-0.15, -0.1) is 23.5 Å². The van der Waals surface area contributed by atoms with Gasteiger partial charge in [-0.1, -0.05) is 12.8 Å². The number of rotatable bonds is 0. The van der Waals surface area contributed by atoms with Gasteiger partial charge >= 0.3 is 0 Å². The van der Waals surface area contributed by atoms with Crippen molar-refractivity contribution < 1.29 is 56.8 Å². The fourth-order valence-corrected chi connectivity index (χ4v) is 17.1. The number of hydrogen-bond acceptors (Lipinski definition) is 16. The van der Waals surface area contributed by atoms with Gasteiger partial charge in [0.05, 0.1) is 157 Å². The minimum Gasteiger partial charge on any atom is -0.377 e. The van der Waals surface area contributed by atoms with E-state index in [0.29, 0.717) is 174 Å². The van der Waals surface area contributed by atoms with Gasteiger partial charge in [-0.3, -0.25) is 0 Å². The summed E-state index contributed by atoms with van der Waals surface area (Å²) in [4.78, 5) is 0. The van der Waals surface area contributed by atoms with E-state index < -0.39 is 0 Å². The van der Waals surface area contributed by atoms with E-state index in [4.69, 9.17) is 56.8 Å². The fraction of sp³-hybridized carbons (Fsp3) is 1.00. The molecule has 12 bridgehead atoms. The van der Waals surface area contributed by atoms with Gasteiger partial charge < -0.3 is 56.8 Å². The Balaban J connectivity index is 1.16. The largest absolute Gasteiger partial charge is 0.377 e. The third-order valence-electron chi connectivity index (χ3n) is 12.6. The smallest absolute Gasteiger partial charge is 0.0813 e. The van der Waals surface area contributed by atoms with Crippen molar-refractivity contribution in [2.75, 3.05) is 132 Å². The second-order valence-electron chi connectivity index (χ2n) is 16.9. The molecule has 0 spiro atoms. The molecule has 0 aromatic rings. The Bertz CT molecular complexity index is 1070. The SMILES string of the molecule is C1CC2SC3CCC4SC5CCCC6SC7CCC(CC7OCCOCCOCCOCCOCCOC4C3)SC(C1)C2OCCOCCOCCOCCOCCOC56. The first kappa shape index (κ1) is 48.8. The van der Waals surface area contributed by atoms with Gasteiger partial charge in [0.1, 0.15) is 0 Å². The molecule has 10 aliphatic rings. The van der Waals surface area contributed by atoms with Gasteiger partial charge in [0.2, 0.25) is 0 Å². The highest BCUT2D eigenvalue weighted by molar-refractivity contribution is 8.02. The van der Waals surface area contributed by atoms with Crippen LogP contribution in [0.15, 0.2) is 0 Å². The lowest BCUT2D eigenvalue weighted by molar-refractivity contribution is -0.0340. The molecule has 10 rings (SSSR count). The lowest BCUT2D eigenvalue weighted by Gasteiger charge is -2.46. The summed E-state index contributed by atoms with van der Waals surface area (Å²) in [5.41, 5.74) is 0. The van der Waals surface area contributed by atoms with Crippen LogP contribution in [0.3, 0.4) is 0 Å². The van der Waals surface area contributed by atoms with Crippen molar-refractivity contribution in [1.82, 2.24) is 0 Å². The number of hydrogen-bond donors (Lipinski definition) is 0. The molecular formula is C44H76O12S4. The van der Waals surface area contributed by atoms with Crippen LogP contribution in [0, 0.1) is 0 Å². The second kappa shape index (κ2) is 28.8. The Morgan fingerprint density at radius 1 is 0.250 bits per heavy atom. The van der Waals surface area contributed by atoms with Crippen LogP contribution in [0.2, 0.25) is 0 Å². The molecule has 4 saturated carbocycles. The summed E-state index contributed by atoms with van der Waals surface area (Å²) in [5, 5.41) is 3.63. The Morgan fingerprint density at radius 3 is 0.867 bits per heavy atom. The molecule has 0 aromatic heterocycles. The summed E-state index contributed by atoms with van der Waals surface area (Å²) in [6.45, 7) is 11.3. The van der Waals surface area contributed by atoms with E-state index in [1.165, 1.54) is 51.4 Å². The predicted octanol–water partition coefficient (Wildman–Crippen LogP) is 6.32. The van der Waals surface area contributed by atoms with Crippen molar-refractivity contribution in [3.63, 3.8) is 0 Å². The standard InChI is InChI=1S/C44H76O12S4/c1-3-39-43-40(4-1)58-34-8-10-38-36(32-34)54-28-24-50-20-16-46-12-11-45-15-19-49-23-27-53-35-31-33(57-39)7-9-37(35)59-41-5-2-6-42(60-38)44(41)56-30-26-52-22-18-48-14-13-47-17-21-51-25-29-55-43/h33-44H,1-32H2. The molecule has 4 aliphatic carbocycles. The van der Waals surface area contributed by atoms with Gasteiger partial charge in [-0.2, -0.15) is 23.5 Å². The highest BCUT2D eigenvalue weighted by Crippen LogP contribution is 2.50.